The fraction of sp³-hybridized carbons (Fsp3) is 0.647. The number of hydrogen-bond acceptors (Lipinski definition) is 3. The average molecular weight is 271 g/mol. The van der Waals surface area contributed by atoms with Crippen LogP contribution in [0.4, 0.5) is 0 Å². The third-order valence-corrected chi connectivity index (χ3v) is 5.40. The molecule has 2 fully saturated rings. The third kappa shape index (κ3) is 2.39. The minimum atomic E-state index is 0.795. The van der Waals surface area contributed by atoms with E-state index in [0.717, 1.165) is 12.1 Å². The highest BCUT2D eigenvalue weighted by atomic mass is 15.3. The number of likely N-dealkylation sites (tertiary alicyclic amines) is 1. The predicted octanol–water partition coefficient (Wildman–Crippen LogP) is 1.13. The van der Waals surface area contributed by atoms with Crippen LogP contribution >= 0.6 is 0 Å². The van der Waals surface area contributed by atoms with Gasteiger partial charge in [0.2, 0.25) is 0 Å². The summed E-state index contributed by atoms with van der Waals surface area (Å²) in [6, 6.07) is 10.6. The zero-order chi connectivity index (χ0) is 13.4. The van der Waals surface area contributed by atoms with Gasteiger partial charge in [0.25, 0.3) is 0 Å². The number of hydrogen-bond donors (Lipinski definition) is 1. The number of nitrogens with one attached hydrogen (secondary N) is 1. The molecule has 0 amide bonds. The van der Waals surface area contributed by atoms with Crippen LogP contribution in [0.25, 0.3) is 0 Å². The quantitative estimate of drug-likeness (QED) is 0.870. The van der Waals surface area contributed by atoms with Crippen molar-refractivity contribution >= 4 is 0 Å². The van der Waals surface area contributed by atoms with Gasteiger partial charge in [-0.25, -0.2) is 0 Å². The SMILES string of the molecule is c1ccc2c(c1)CCC(N1CC(N3CCNCC3)C1)C2. The van der Waals surface area contributed by atoms with Crippen LogP contribution < -0.4 is 5.32 Å². The molecule has 2 heterocycles. The van der Waals surface area contributed by atoms with Gasteiger partial charge in [0.1, 0.15) is 0 Å². The lowest BCUT2D eigenvalue weighted by atomic mass is 9.85. The van der Waals surface area contributed by atoms with Gasteiger partial charge >= 0.3 is 0 Å². The smallest absolute Gasteiger partial charge is 0.0351 e. The van der Waals surface area contributed by atoms with Crippen molar-refractivity contribution in [2.24, 2.45) is 0 Å². The molecule has 2 aliphatic heterocycles. The van der Waals surface area contributed by atoms with Gasteiger partial charge in [0, 0.05) is 51.4 Å². The number of benzene rings is 1. The maximum atomic E-state index is 3.45. The molecule has 2 saturated heterocycles. The summed E-state index contributed by atoms with van der Waals surface area (Å²) in [6.45, 7) is 7.43. The van der Waals surface area contributed by atoms with Crippen LogP contribution in [0, 0.1) is 0 Å². The summed E-state index contributed by atoms with van der Waals surface area (Å²) in [4.78, 5) is 5.41. The number of nitrogens with zero attached hydrogens (tertiary/aromatic N) is 2. The van der Waals surface area contributed by atoms with Crippen LogP contribution in [0.3, 0.4) is 0 Å². The molecule has 3 aliphatic rings. The van der Waals surface area contributed by atoms with Gasteiger partial charge in [-0.2, -0.15) is 0 Å². The van der Waals surface area contributed by atoms with Crippen molar-refractivity contribution < 1.29 is 0 Å². The highest BCUT2D eigenvalue weighted by molar-refractivity contribution is 5.30. The van der Waals surface area contributed by atoms with E-state index in [0.29, 0.717) is 0 Å². The van der Waals surface area contributed by atoms with Crippen LogP contribution in [0.2, 0.25) is 0 Å². The highest BCUT2D eigenvalue weighted by Gasteiger charge is 2.37. The topological polar surface area (TPSA) is 18.5 Å². The van der Waals surface area contributed by atoms with Gasteiger partial charge < -0.3 is 5.32 Å². The third-order valence-electron chi connectivity index (χ3n) is 5.40. The molecule has 0 aromatic heterocycles. The van der Waals surface area contributed by atoms with Crippen LogP contribution in [0.15, 0.2) is 24.3 Å². The van der Waals surface area contributed by atoms with Crippen molar-refractivity contribution in [3.05, 3.63) is 35.4 Å². The standard InChI is InChI=1S/C17H25N3/c1-2-4-15-11-16(6-5-14(15)3-1)20-12-17(13-20)19-9-7-18-8-10-19/h1-4,16-18H,5-13H2. The molecular formula is C17H25N3. The van der Waals surface area contributed by atoms with Crippen LogP contribution in [0.1, 0.15) is 17.5 Å². The normalized spacial score (nSPS) is 28.9. The Morgan fingerprint density at radius 1 is 0.900 bits per heavy atom. The van der Waals surface area contributed by atoms with Gasteiger partial charge in [-0.15, -0.1) is 0 Å². The molecule has 1 unspecified atom stereocenters. The zero-order valence-electron chi connectivity index (χ0n) is 12.2. The minimum absolute atomic E-state index is 0.795. The first-order valence-electron chi connectivity index (χ1n) is 8.16. The summed E-state index contributed by atoms with van der Waals surface area (Å²) in [6.07, 6.45) is 3.89. The van der Waals surface area contributed by atoms with E-state index in [4.69, 9.17) is 0 Å². The summed E-state index contributed by atoms with van der Waals surface area (Å²) in [5.74, 6) is 0. The Hall–Kier alpha value is -0.900. The first-order chi connectivity index (χ1) is 9.90. The van der Waals surface area contributed by atoms with Gasteiger partial charge in [0.15, 0.2) is 0 Å². The molecule has 20 heavy (non-hydrogen) atoms. The van der Waals surface area contributed by atoms with Crippen molar-refractivity contribution in [3.63, 3.8) is 0 Å². The predicted molar refractivity (Wildman–Crippen MR) is 82.1 cm³/mol. The summed E-state index contributed by atoms with van der Waals surface area (Å²) in [5, 5.41) is 3.45. The van der Waals surface area contributed by atoms with E-state index in [1.54, 1.807) is 11.1 Å². The van der Waals surface area contributed by atoms with E-state index >= 15 is 0 Å². The van der Waals surface area contributed by atoms with Crippen LogP contribution in [0.5, 0.6) is 0 Å². The maximum Gasteiger partial charge on any atom is 0.0351 e. The van der Waals surface area contributed by atoms with E-state index in [9.17, 15) is 0 Å². The summed E-state index contributed by atoms with van der Waals surface area (Å²) >= 11 is 0. The fourth-order valence-electron chi connectivity index (χ4n) is 4.05. The van der Waals surface area contributed by atoms with Gasteiger partial charge in [-0.1, -0.05) is 24.3 Å². The lowest BCUT2D eigenvalue weighted by molar-refractivity contribution is -0.00393. The van der Waals surface area contributed by atoms with Crippen molar-refractivity contribution in [2.75, 3.05) is 39.3 Å². The van der Waals surface area contributed by atoms with E-state index in [1.165, 1.54) is 58.5 Å². The molecule has 1 atom stereocenters. The molecule has 0 saturated carbocycles. The second-order valence-corrected chi connectivity index (χ2v) is 6.56. The minimum Gasteiger partial charge on any atom is -0.314 e. The molecule has 0 spiro atoms. The molecule has 1 aromatic rings. The Morgan fingerprint density at radius 2 is 1.65 bits per heavy atom. The van der Waals surface area contributed by atoms with Crippen molar-refractivity contribution in [2.45, 2.75) is 31.3 Å². The first-order valence-corrected chi connectivity index (χ1v) is 8.16. The number of fused-ring (bicyclic) bond motifs is 1. The fourth-order valence-corrected chi connectivity index (χ4v) is 4.05. The van der Waals surface area contributed by atoms with E-state index in [2.05, 4.69) is 39.4 Å². The van der Waals surface area contributed by atoms with E-state index in [-0.39, 0.29) is 0 Å². The van der Waals surface area contributed by atoms with Gasteiger partial charge in [-0.3, -0.25) is 9.80 Å². The molecule has 0 bridgehead atoms. The summed E-state index contributed by atoms with van der Waals surface area (Å²) in [7, 11) is 0. The van der Waals surface area contributed by atoms with Crippen molar-refractivity contribution in [3.8, 4) is 0 Å². The summed E-state index contributed by atoms with van der Waals surface area (Å²) in [5.41, 5.74) is 3.18. The second kappa shape index (κ2) is 5.47. The van der Waals surface area contributed by atoms with Gasteiger partial charge in [-0.05, 0) is 30.4 Å². The molecule has 3 heteroatoms. The Balaban J connectivity index is 1.33. The Labute approximate surface area is 121 Å². The largest absolute Gasteiger partial charge is 0.314 e. The highest BCUT2D eigenvalue weighted by Crippen LogP contribution is 2.28. The Kier molecular flexibility index (Phi) is 3.51. The molecule has 4 rings (SSSR count). The molecule has 3 nitrogen and oxygen atoms in total. The van der Waals surface area contributed by atoms with E-state index in [1.807, 2.05) is 0 Å². The molecule has 0 radical (unpaired) electrons. The van der Waals surface area contributed by atoms with Crippen molar-refractivity contribution in [1.82, 2.24) is 15.1 Å². The average Bonchev–Trinajstić information content (AvgIpc) is 2.47. The lowest BCUT2D eigenvalue weighted by Gasteiger charge is -2.50. The Bertz CT molecular complexity index is 461. The zero-order valence-corrected chi connectivity index (χ0v) is 12.2. The monoisotopic (exact) mass is 271 g/mol. The second-order valence-electron chi connectivity index (χ2n) is 6.56. The molecule has 1 aromatic carbocycles. The lowest BCUT2D eigenvalue weighted by Crippen LogP contribution is -2.65. The number of aryl methyl sites for hydroxylation is 1. The number of rotatable bonds is 2. The molecule has 1 N–H and O–H groups in total. The van der Waals surface area contributed by atoms with Crippen LogP contribution in [-0.4, -0.2) is 61.2 Å². The summed E-state index contributed by atoms with van der Waals surface area (Å²) < 4.78 is 0. The Morgan fingerprint density at radius 3 is 2.45 bits per heavy atom. The molecule has 108 valence electrons. The van der Waals surface area contributed by atoms with Gasteiger partial charge in [0.05, 0.1) is 0 Å². The van der Waals surface area contributed by atoms with E-state index < -0.39 is 0 Å². The maximum absolute atomic E-state index is 3.45. The first kappa shape index (κ1) is 12.8. The molecular weight excluding hydrogens is 246 g/mol. The number of piperazine rings is 1. The molecule has 1 aliphatic carbocycles. The van der Waals surface area contributed by atoms with Crippen molar-refractivity contribution in [1.29, 1.82) is 0 Å². The van der Waals surface area contributed by atoms with Crippen LogP contribution in [-0.2, 0) is 12.8 Å².